The molecule has 1 rings (SSSR count). The third-order valence-electron chi connectivity index (χ3n) is 3.07. The summed E-state index contributed by atoms with van der Waals surface area (Å²) < 4.78 is 5.23. The van der Waals surface area contributed by atoms with Crippen LogP contribution in [0.15, 0.2) is 30.3 Å². The number of hydrogen-bond donors (Lipinski definition) is 2. The van der Waals surface area contributed by atoms with Crippen LogP contribution in [0.5, 0.6) is 0 Å². The highest BCUT2D eigenvalue weighted by molar-refractivity contribution is 5.82. The molecule has 0 bridgehead atoms. The van der Waals surface area contributed by atoms with Crippen LogP contribution in [0, 0.1) is 0 Å². The molecular formula is C17H24N2O5. The van der Waals surface area contributed by atoms with Crippen LogP contribution in [0.4, 0.5) is 4.79 Å². The highest BCUT2D eigenvalue weighted by Crippen LogP contribution is 2.19. The van der Waals surface area contributed by atoms with Gasteiger partial charge in [-0.1, -0.05) is 30.3 Å². The molecule has 0 saturated carbocycles. The molecule has 2 N–H and O–H groups in total. The van der Waals surface area contributed by atoms with Gasteiger partial charge in [0.05, 0.1) is 12.5 Å². The Hall–Kier alpha value is -2.57. The second kappa shape index (κ2) is 8.33. The number of benzene rings is 1. The lowest BCUT2D eigenvalue weighted by Gasteiger charge is -2.25. The van der Waals surface area contributed by atoms with E-state index in [0.29, 0.717) is 0 Å². The lowest BCUT2D eigenvalue weighted by Crippen LogP contribution is -2.39. The monoisotopic (exact) mass is 336 g/mol. The molecule has 2 amide bonds. The predicted molar refractivity (Wildman–Crippen MR) is 88.4 cm³/mol. The minimum absolute atomic E-state index is 0.0625. The van der Waals surface area contributed by atoms with E-state index in [1.54, 1.807) is 45.0 Å². The summed E-state index contributed by atoms with van der Waals surface area (Å²) >= 11 is 0. The Morgan fingerprint density at radius 2 is 1.79 bits per heavy atom. The number of carbonyl (C=O) groups is 3. The van der Waals surface area contributed by atoms with Crippen molar-refractivity contribution >= 4 is 18.0 Å². The average Bonchev–Trinajstić information content (AvgIpc) is 2.44. The summed E-state index contributed by atoms with van der Waals surface area (Å²) in [5.41, 5.74) is 0.0792. The Labute approximate surface area is 141 Å². The second-order valence-electron chi connectivity index (χ2n) is 6.46. The molecule has 132 valence electrons. The third-order valence-corrected chi connectivity index (χ3v) is 3.07. The van der Waals surface area contributed by atoms with Gasteiger partial charge in [-0.15, -0.1) is 0 Å². The highest BCUT2D eigenvalue weighted by atomic mass is 16.6. The fraction of sp³-hybridized carbons (Fsp3) is 0.471. The lowest BCUT2D eigenvalue weighted by atomic mass is 10.0. The standard InChI is InChI=1S/C17H24N2O5/c1-17(2,3)24-16(23)18-13(12-8-6-5-7-9-12)10-14(20)19(4)11-15(21)22/h5-9,13H,10-11H2,1-4H3,(H,18,23)(H,21,22)/t13-/m0/s1. The number of carboxylic acids is 1. The Kier molecular flexibility index (Phi) is 6.76. The van der Waals surface area contributed by atoms with Crippen LogP contribution in [-0.2, 0) is 14.3 Å². The van der Waals surface area contributed by atoms with Crippen molar-refractivity contribution in [2.45, 2.75) is 38.8 Å². The van der Waals surface area contributed by atoms with Gasteiger partial charge in [-0.25, -0.2) is 4.79 Å². The van der Waals surface area contributed by atoms with Crippen molar-refractivity contribution in [2.24, 2.45) is 0 Å². The van der Waals surface area contributed by atoms with E-state index in [-0.39, 0.29) is 12.3 Å². The van der Waals surface area contributed by atoms with Crippen molar-refractivity contribution < 1.29 is 24.2 Å². The van der Waals surface area contributed by atoms with Crippen LogP contribution in [0.25, 0.3) is 0 Å². The molecule has 0 aromatic heterocycles. The molecule has 1 aromatic carbocycles. The summed E-state index contributed by atoms with van der Waals surface area (Å²) in [7, 11) is 1.41. The SMILES string of the molecule is CN(CC(=O)O)C(=O)C[C@H](NC(=O)OC(C)(C)C)c1ccccc1. The van der Waals surface area contributed by atoms with Crippen LogP contribution < -0.4 is 5.32 Å². The largest absolute Gasteiger partial charge is 0.480 e. The molecule has 0 aliphatic heterocycles. The molecule has 0 unspecified atom stereocenters. The molecule has 7 nitrogen and oxygen atoms in total. The van der Waals surface area contributed by atoms with E-state index in [1.807, 2.05) is 6.07 Å². The molecule has 0 aliphatic rings. The number of nitrogens with zero attached hydrogens (tertiary/aromatic N) is 1. The Bertz CT molecular complexity index is 580. The minimum atomic E-state index is -1.10. The first-order valence-electron chi connectivity index (χ1n) is 7.58. The summed E-state index contributed by atoms with van der Waals surface area (Å²) in [4.78, 5) is 36.0. The minimum Gasteiger partial charge on any atom is -0.480 e. The van der Waals surface area contributed by atoms with E-state index >= 15 is 0 Å². The van der Waals surface area contributed by atoms with Crippen molar-refractivity contribution in [1.29, 1.82) is 0 Å². The average molecular weight is 336 g/mol. The zero-order valence-electron chi connectivity index (χ0n) is 14.4. The van der Waals surface area contributed by atoms with E-state index in [2.05, 4.69) is 5.32 Å². The number of likely N-dealkylation sites (N-methyl/N-ethyl adjacent to an activating group) is 1. The number of hydrogen-bond acceptors (Lipinski definition) is 4. The summed E-state index contributed by atoms with van der Waals surface area (Å²) in [6, 6.07) is 8.38. The third kappa shape index (κ3) is 7.13. The maximum absolute atomic E-state index is 12.2. The fourth-order valence-corrected chi connectivity index (χ4v) is 2.01. The van der Waals surface area contributed by atoms with E-state index in [0.717, 1.165) is 10.5 Å². The molecule has 1 atom stereocenters. The quantitative estimate of drug-likeness (QED) is 0.830. The summed E-state index contributed by atoms with van der Waals surface area (Å²) in [5.74, 6) is -1.48. The van der Waals surface area contributed by atoms with Crippen LogP contribution >= 0.6 is 0 Å². The first-order chi connectivity index (χ1) is 11.1. The van der Waals surface area contributed by atoms with Crippen molar-refractivity contribution in [2.75, 3.05) is 13.6 Å². The smallest absolute Gasteiger partial charge is 0.408 e. The summed E-state index contributed by atoms with van der Waals surface area (Å²) in [5, 5.41) is 11.4. The summed E-state index contributed by atoms with van der Waals surface area (Å²) in [6.07, 6.45) is -0.697. The molecular weight excluding hydrogens is 312 g/mol. The number of nitrogens with one attached hydrogen (secondary N) is 1. The zero-order valence-corrected chi connectivity index (χ0v) is 14.4. The van der Waals surface area contributed by atoms with E-state index in [4.69, 9.17) is 9.84 Å². The van der Waals surface area contributed by atoms with E-state index in [1.165, 1.54) is 7.05 Å². The first-order valence-corrected chi connectivity index (χ1v) is 7.58. The predicted octanol–water partition coefficient (Wildman–Crippen LogP) is 2.19. The van der Waals surface area contributed by atoms with Gasteiger partial charge in [0.25, 0.3) is 0 Å². The normalized spacial score (nSPS) is 12.2. The number of rotatable bonds is 6. The Morgan fingerprint density at radius 1 is 1.21 bits per heavy atom. The van der Waals surface area contributed by atoms with Gasteiger partial charge < -0.3 is 20.1 Å². The van der Waals surface area contributed by atoms with Gasteiger partial charge >= 0.3 is 12.1 Å². The number of alkyl carbamates (subject to hydrolysis) is 1. The van der Waals surface area contributed by atoms with Gasteiger partial charge in [0.2, 0.25) is 5.91 Å². The van der Waals surface area contributed by atoms with Gasteiger partial charge in [0.1, 0.15) is 12.1 Å². The molecule has 0 aliphatic carbocycles. The molecule has 0 fully saturated rings. The Balaban J connectivity index is 2.85. The number of ether oxygens (including phenoxy) is 1. The fourth-order valence-electron chi connectivity index (χ4n) is 2.01. The van der Waals surface area contributed by atoms with Crippen molar-refractivity contribution in [1.82, 2.24) is 10.2 Å². The number of amides is 2. The van der Waals surface area contributed by atoms with Crippen LogP contribution in [0.2, 0.25) is 0 Å². The van der Waals surface area contributed by atoms with Crippen molar-refractivity contribution in [3.8, 4) is 0 Å². The van der Waals surface area contributed by atoms with Crippen molar-refractivity contribution in [3.05, 3.63) is 35.9 Å². The van der Waals surface area contributed by atoms with Crippen LogP contribution in [0.1, 0.15) is 38.8 Å². The molecule has 7 heteroatoms. The van der Waals surface area contributed by atoms with Crippen LogP contribution in [0.3, 0.4) is 0 Å². The molecule has 0 saturated heterocycles. The molecule has 0 heterocycles. The number of aliphatic carboxylic acids is 1. The van der Waals surface area contributed by atoms with Gasteiger partial charge in [-0.05, 0) is 26.3 Å². The maximum atomic E-state index is 12.2. The molecule has 1 aromatic rings. The number of carbonyl (C=O) groups excluding carboxylic acids is 2. The number of carboxylic acid groups (broad SMARTS) is 1. The Morgan fingerprint density at radius 3 is 2.29 bits per heavy atom. The zero-order chi connectivity index (χ0) is 18.3. The van der Waals surface area contributed by atoms with Gasteiger partial charge in [0.15, 0.2) is 0 Å². The lowest BCUT2D eigenvalue weighted by molar-refractivity contribution is -0.143. The highest BCUT2D eigenvalue weighted by Gasteiger charge is 2.24. The summed E-state index contributed by atoms with van der Waals surface area (Å²) in [6.45, 7) is 4.84. The van der Waals surface area contributed by atoms with Gasteiger partial charge in [-0.3, -0.25) is 9.59 Å². The molecule has 0 radical (unpaired) electrons. The van der Waals surface area contributed by atoms with Gasteiger partial charge in [0, 0.05) is 7.05 Å². The van der Waals surface area contributed by atoms with Gasteiger partial charge in [-0.2, -0.15) is 0 Å². The molecule has 0 spiro atoms. The maximum Gasteiger partial charge on any atom is 0.408 e. The van der Waals surface area contributed by atoms with E-state index < -0.39 is 30.3 Å². The first kappa shape index (κ1) is 19.5. The van der Waals surface area contributed by atoms with Crippen molar-refractivity contribution in [3.63, 3.8) is 0 Å². The second-order valence-corrected chi connectivity index (χ2v) is 6.46. The molecule has 24 heavy (non-hydrogen) atoms. The topological polar surface area (TPSA) is 95.9 Å². The van der Waals surface area contributed by atoms with E-state index in [9.17, 15) is 14.4 Å². The van der Waals surface area contributed by atoms with Crippen LogP contribution in [-0.4, -0.2) is 47.2 Å².